The Labute approximate surface area is 127 Å². The molecule has 110 valence electrons. The fraction of sp³-hybridized carbons (Fsp3) is 0.333. The van der Waals surface area contributed by atoms with Gasteiger partial charge in [0.25, 0.3) is 0 Å². The van der Waals surface area contributed by atoms with Crippen LogP contribution in [0.1, 0.15) is 31.5 Å². The molecule has 1 aromatic carbocycles. The standard InChI is InChI=1S/C15H16ClFN4/c1-2-18-13-8-14(21-15(20-13)9-3-4-9)19-12-7-10(16)5-6-11(12)17/h5-9H,2-4H2,1H3,(H2,18,19,20,21). The Morgan fingerprint density at radius 3 is 2.71 bits per heavy atom. The normalized spacial score (nSPS) is 14.0. The molecule has 6 heteroatoms. The van der Waals surface area contributed by atoms with Crippen LogP contribution in [-0.4, -0.2) is 16.5 Å². The maximum atomic E-state index is 13.8. The van der Waals surface area contributed by atoms with Crippen LogP contribution < -0.4 is 10.6 Å². The minimum Gasteiger partial charge on any atom is -0.370 e. The fourth-order valence-corrected chi connectivity index (χ4v) is 2.23. The molecule has 3 rings (SSSR count). The van der Waals surface area contributed by atoms with Crippen LogP contribution in [0.15, 0.2) is 24.3 Å². The summed E-state index contributed by atoms with van der Waals surface area (Å²) in [5, 5.41) is 6.63. The molecular formula is C15H16ClFN4. The summed E-state index contributed by atoms with van der Waals surface area (Å²) in [6, 6.07) is 6.17. The summed E-state index contributed by atoms with van der Waals surface area (Å²) in [5.74, 6) is 2.19. The molecule has 2 N–H and O–H groups in total. The number of nitrogens with zero attached hydrogens (tertiary/aromatic N) is 2. The van der Waals surface area contributed by atoms with Gasteiger partial charge < -0.3 is 10.6 Å². The maximum Gasteiger partial charge on any atom is 0.146 e. The van der Waals surface area contributed by atoms with Crippen molar-refractivity contribution in [1.29, 1.82) is 0 Å². The first kappa shape index (κ1) is 14.1. The Morgan fingerprint density at radius 1 is 1.24 bits per heavy atom. The highest BCUT2D eigenvalue weighted by atomic mass is 35.5. The van der Waals surface area contributed by atoms with Crippen molar-refractivity contribution in [3.05, 3.63) is 40.9 Å². The first-order chi connectivity index (χ1) is 10.2. The van der Waals surface area contributed by atoms with Gasteiger partial charge in [0.1, 0.15) is 23.3 Å². The molecule has 1 aromatic heterocycles. The molecule has 0 radical (unpaired) electrons. The van der Waals surface area contributed by atoms with E-state index in [1.165, 1.54) is 12.1 Å². The number of halogens is 2. The molecule has 0 saturated heterocycles. The van der Waals surface area contributed by atoms with Gasteiger partial charge in [0.2, 0.25) is 0 Å². The molecule has 2 aromatic rings. The van der Waals surface area contributed by atoms with E-state index in [9.17, 15) is 4.39 Å². The van der Waals surface area contributed by atoms with Crippen LogP contribution in [0.25, 0.3) is 0 Å². The number of anilines is 3. The summed E-state index contributed by atoms with van der Waals surface area (Å²) in [4.78, 5) is 8.96. The molecule has 1 fully saturated rings. The van der Waals surface area contributed by atoms with Crippen molar-refractivity contribution in [3.8, 4) is 0 Å². The average molecular weight is 307 g/mol. The van der Waals surface area contributed by atoms with E-state index in [2.05, 4.69) is 20.6 Å². The van der Waals surface area contributed by atoms with Crippen molar-refractivity contribution in [2.75, 3.05) is 17.2 Å². The van der Waals surface area contributed by atoms with Gasteiger partial charge in [-0.3, -0.25) is 0 Å². The molecule has 21 heavy (non-hydrogen) atoms. The Hall–Kier alpha value is -1.88. The number of hydrogen-bond acceptors (Lipinski definition) is 4. The number of hydrogen-bond donors (Lipinski definition) is 2. The van der Waals surface area contributed by atoms with Gasteiger partial charge in [0.15, 0.2) is 0 Å². The van der Waals surface area contributed by atoms with Crippen LogP contribution in [0, 0.1) is 5.82 Å². The predicted molar refractivity (Wildman–Crippen MR) is 82.9 cm³/mol. The monoisotopic (exact) mass is 306 g/mol. The van der Waals surface area contributed by atoms with Gasteiger partial charge in [-0.25, -0.2) is 14.4 Å². The van der Waals surface area contributed by atoms with Gasteiger partial charge in [-0.15, -0.1) is 0 Å². The van der Waals surface area contributed by atoms with Crippen LogP contribution in [0.5, 0.6) is 0 Å². The number of rotatable bonds is 5. The molecule has 0 aliphatic heterocycles. The zero-order chi connectivity index (χ0) is 14.8. The van der Waals surface area contributed by atoms with Gasteiger partial charge in [0, 0.05) is 23.6 Å². The highest BCUT2D eigenvalue weighted by Gasteiger charge is 2.27. The largest absolute Gasteiger partial charge is 0.370 e. The lowest BCUT2D eigenvalue weighted by molar-refractivity contribution is 0.632. The summed E-state index contributed by atoms with van der Waals surface area (Å²) in [6.45, 7) is 2.77. The molecule has 1 saturated carbocycles. The van der Waals surface area contributed by atoms with Crippen LogP contribution >= 0.6 is 11.6 Å². The van der Waals surface area contributed by atoms with E-state index in [4.69, 9.17) is 11.6 Å². The highest BCUT2D eigenvalue weighted by molar-refractivity contribution is 6.30. The second-order valence-corrected chi connectivity index (χ2v) is 5.49. The molecule has 4 nitrogen and oxygen atoms in total. The summed E-state index contributed by atoms with van der Waals surface area (Å²) in [5.41, 5.74) is 0.311. The summed E-state index contributed by atoms with van der Waals surface area (Å²) < 4.78 is 13.8. The first-order valence-corrected chi connectivity index (χ1v) is 7.38. The zero-order valence-corrected chi connectivity index (χ0v) is 12.4. The third-order valence-electron chi connectivity index (χ3n) is 3.23. The van der Waals surface area contributed by atoms with Crippen LogP contribution in [0.2, 0.25) is 5.02 Å². The van der Waals surface area contributed by atoms with Gasteiger partial charge in [0.05, 0.1) is 5.69 Å². The average Bonchev–Trinajstić information content (AvgIpc) is 3.28. The molecule has 0 amide bonds. The number of benzene rings is 1. The van der Waals surface area contributed by atoms with Crippen LogP contribution in [0.3, 0.4) is 0 Å². The summed E-state index contributed by atoms with van der Waals surface area (Å²) in [6.07, 6.45) is 2.22. The highest BCUT2D eigenvalue weighted by Crippen LogP contribution is 2.39. The van der Waals surface area contributed by atoms with Crippen molar-refractivity contribution in [1.82, 2.24) is 9.97 Å². The van der Waals surface area contributed by atoms with Gasteiger partial charge in [-0.1, -0.05) is 11.6 Å². The Kier molecular flexibility index (Phi) is 3.92. The molecule has 1 heterocycles. The van der Waals surface area contributed by atoms with Gasteiger partial charge >= 0.3 is 0 Å². The van der Waals surface area contributed by atoms with Crippen molar-refractivity contribution in [2.45, 2.75) is 25.7 Å². The van der Waals surface area contributed by atoms with Gasteiger partial charge in [-0.2, -0.15) is 0 Å². The van der Waals surface area contributed by atoms with E-state index in [-0.39, 0.29) is 5.82 Å². The third-order valence-corrected chi connectivity index (χ3v) is 3.47. The Balaban J connectivity index is 1.91. The van der Waals surface area contributed by atoms with E-state index < -0.39 is 0 Å². The van der Waals surface area contributed by atoms with Gasteiger partial charge in [-0.05, 0) is 38.0 Å². The lowest BCUT2D eigenvalue weighted by atomic mass is 10.3. The SMILES string of the molecule is CCNc1cc(Nc2cc(Cl)ccc2F)nc(C2CC2)n1. The lowest BCUT2D eigenvalue weighted by Crippen LogP contribution is -2.06. The zero-order valence-electron chi connectivity index (χ0n) is 11.7. The molecule has 0 unspecified atom stereocenters. The van der Waals surface area contributed by atoms with E-state index in [1.54, 1.807) is 12.1 Å². The van der Waals surface area contributed by atoms with Crippen LogP contribution in [0.4, 0.5) is 21.7 Å². The van der Waals surface area contributed by atoms with Crippen LogP contribution in [-0.2, 0) is 0 Å². The molecule has 0 spiro atoms. The predicted octanol–water partition coefficient (Wildman–Crippen LogP) is 4.32. The van der Waals surface area contributed by atoms with Crippen molar-refractivity contribution in [2.24, 2.45) is 0 Å². The lowest BCUT2D eigenvalue weighted by Gasteiger charge is -2.11. The second-order valence-electron chi connectivity index (χ2n) is 5.05. The van der Waals surface area contributed by atoms with E-state index in [0.717, 1.165) is 31.0 Å². The molecule has 0 atom stereocenters. The number of nitrogens with one attached hydrogen (secondary N) is 2. The van der Waals surface area contributed by atoms with E-state index in [0.29, 0.717) is 22.4 Å². The van der Waals surface area contributed by atoms with Crippen molar-refractivity contribution in [3.63, 3.8) is 0 Å². The summed E-state index contributed by atoms with van der Waals surface area (Å²) in [7, 11) is 0. The van der Waals surface area contributed by atoms with Crippen molar-refractivity contribution < 1.29 is 4.39 Å². The fourth-order valence-electron chi connectivity index (χ4n) is 2.06. The number of aromatic nitrogens is 2. The second kappa shape index (κ2) is 5.85. The third kappa shape index (κ3) is 3.42. The quantitative estimate of drug-likeness (QED) is 0.863. The van der Waals surface area contributed by atoms with Crippen molar-refractivity contribution >= 4 is 28.9 Å². The smallest absolute Gasteiger partial charge is 0.146 e. The molecule has 1 aliphatic carbocycles. The topological polar surface area (TPSA) is 49.8 Å². The summed E-state index contributed by atoms with van der Waals surface area (Å²) >= 11 is 5.90. The van der Waals surface area contributed by atoms with E-state index >= 15 is 0 Å². The molecular weight excluding hydrogens is 291 g/mol. The minimum absolute atomic E-state index is 0.311. The minimum atomic E-state index is -0.365. The molecule has 1 aliphatic rings. The maximum absolute atomic E-state index is 13.8. The molecule has 0 bridgehead atoms. The van der Waals surface area contributed by atoms with E-state index in [1.807, 2.05) is 6.92 Å². The first-order valence-electron chi connectivity index (χ1n) is 7.00. The Morgan fingerprint density at radius 2 is 2.00 bits per heavy atom. The Bertz CT molecular complexity index is 658.